The standard InChI is InChI=1S/C16H23ClN2O2/c1-2-3-9-19(11-12-5-4-8-18-12)16(21)14-10-13(20)6-7-15(14)17/h6-7,10,12,18,20H,2-5,8-9,11H2,1H3. The SMILES string of the molecule is CCCCN(CC1CCCN1)C(=O)c1cc(O)ccc1Cl. The number of rotatable bonds is 6. The third-order valence-corrected chi connectivity index (χ3v) is 4.18. The molecule has 21 heavy (non-hydrogen) atoms. The molecule has 1 aliphatic rings. The van der Waals surface area contributed by atoms with E-state index in [0.29, 0.717) is 23.2 Å². The molecule has 2 N–H and O–H groups in total. The molecule has 0 saturated carbocycles. The van der Waals surface area contributed by atoms with Crippen molar-refractivity contribution in [1.29, 1.82) is 0 Å². The van der Waals surface area contributed by atoms with Gasteiger partial charge in [0.15, 0.2) is 0 Å². The van der Waals surface area contributed by atoms with E-state index in [4.69, 9.17) is 11.6 Å². The summed E-state index contributed by atoms with van der Waals surface area (Å²) in [6, 6.07) is 4.87. The molecule has 1 fully saturated rings. The molecule has 116 valence electrons. The number of hydrogen-bond acceptors (Lipinski definition) is 3. The molecule has 5 heteroatoms. The van der Waals surface area contributed by atoms with Crippen molar-refractivity contribution in [1.82, 2.24) is 10.2 Å². The summed E-state index contributed by atoms with van der Waals surface area (Å²) in [4.78, 5) is 14.6. The van der Waals surface area contributed by atoms with Crippen molar-refractivity contribution in [3.8, 4) is 5.75 Å². The van der Waals surface area contributed by atoms with Crippen molar-refractivity contribution in [2.75, 3.05) is 19.6 Å². The van der Waals surface area contributed by atoms with Crippen LogP contribution in [-0.4, -0.2) is 41.6 Å². The molecule has 4 nitrogen and oxygen atoms in total. The number of aromatic hydroxyl groups is 1. The van der Waals surface area contributed by atoms with Gasteiger partial charge in [0, 0.05) is 19.1 Å². The van der Waals surface area contributed by atoms with E-state index in [1.807, 2.05) is 4.90 Å². The van der Waals surface area contributed by atoms with Crippen molar-refractivity contribution in [2.24, 2.45) is 0 Å². The molecular formula is C16H23ClN2O2. The van der Waals surface area contributed by atoms with Gasteiger partial charge in [-0.25, -0.2) is 0 Å². The Kier molecular flexibility index (Phi) is 5.88. The van der Waals surface area contributed by atoms with Crippen molar-refractivity contribution in [2.45, 2.75) is 38.6 Å². The van der Waals surface area contributed by atoms with Crippen molar-refractivity contribution < 1.29 is 9.90 Å². The summed E-state index contributed by atoms with van der Waals surface area (Å²) in [6.45, 7) is 4.55. The number of nitrogens with zero attached hydrogens (tertiary/aromatic N) is 1. The Morgan fingerprint density at radius 1 is 1.52 bits per heavy atom. The fourth-order valence-electron chi connectivity index (χ4n) is 2.65. The Morgan fingerprint density at radius 2 is 2.33 bits per heavy atom. The Morgan fingerprint density at radius 3 is 3.00 bits per heavy atom. The van der Waals surface area contributed by atoms with Crippen LogP contribution in [0.5, 0.6) is 5.75 Å². The summed E-state index contributed by atoms with van der Waals surface area (Å²) in [7, 11) is 0. The van der Waals surface area contributed by atoms with E-state index in [1.165, 1.54) is 12.1 Å². The Hall–Kier alpha value is -1.26. The maximum absolute atomic E-state index is 12.7. The Labute approximate surface area is 131 Å². The summed E-state index contributed by atoms with van der Waals surface area (Å²) in [6.07, 6.45) is 4.27. The average molecular weight is 311 g/mol. The summed E-state index contributed by atoms with van der Waals surface area (Å²) in [5.41, 5.74) is 0.380. The lowest BCUT2D eigenvalue weighted by atomic mass is 10.1. The van der Waals surface area contributed by atoms with E-state index >= 15 is 0 Å². The molecule has 0 spiro atoms. The molecule has 0 aliphatic carbocycles. The van der Waals surface area contributed by atoms with Crippen LogP contribution in [0, 0.1) is 0 Å². The van der Waals surface area contributed by atoms with Crippen LogP contribution in [0.15, 0.2) is 18.2 Å². The molecule has 1 aromatic carbocycles. The second-order valence-corrected chi connectivity index (χ2v) is 5.97. The molecule has 1 saturated heterocycles. The molecule has 1 amide bonds. The van der Waals surface area contributed by atoms with Gasteiger partial charge in [0.25, 0.3) is 5.91 Å². The van der Waals surface area contributed by atoms with Crippen LogP contribution in [0.1, 0.15) is 43.0 Å². The van der Waals surface area contributed by atoms with Gasteiger partial charge in [0.05, 0.1) is 10.6 Å². The highest BCUT2D eigenvalue weighted by Crippen LogP contribution is 2.23. The number of phenolic OH excluding ortho intramolecular Hbond substituents is 1. The highest BCUT2D eigenvalue weighted by Gasteiger charge is 2.23. The van der Waals surface area contributed by atoms with Crippen LogP contribution >= 0.6 is 11.6 Å². The molecule has 1 heterocycles. The van der Waals surface area contributed by atoms with Gasteiger partial charge in [0.1, 0.15) is 5.75 Å². The Balaban J connectivity index is 2.13. The fourth-order valence-corrected chi connectivity index (χ4v) is 2.85. The number of amides is 1. The molecule has 2 rings (SSSR count). The second kappa shape index (κ2) is 7.66. The maximum atomic E-state index is 12.7. The number of halogens is 1. The topological polar surface area (TPSA) is 52.6 Å². The first-order valence-electron chi connectivity index (χ1n) is 7.63. The van der Waals surface area contributed by atoms with E-state index in [-0.39, 0.29) is 11.7 Å². The monoisotopic (exact) mass is 310 g/mol. The number of unbranched alkanes of at least 4 members (excludes halogenated alkanes) is 1. The minimum Gasteiger partial charge on any atom is -0.508 e. The van der Waals surface area contributed by atoms with Gasteiger partial charge in [-0.2, -0.15) is 0 Å². The van der Waals surface area contributed by atoms with Crippen LogP contribution in [0.2, 0.25) is 5.02 Å². The van der Waals surface area contributed by atoms with Crippen molar-refractivity contribution in [3.63, 3.8) is 0 Å². The highest BCUT2D eigenvalue weighted by atomic mass is 35.5. The largest absolute Gasteiger partial charge is 0.508 e. The maximum Gasteiger partial charge on any atom is 0.255 e. The first kappa shape index (κ1) is 16.1. The summed E-state index contributed by atoms with van der Waals surface area (Å²) >= 11 is 6.11. The first-order chi connectivity index (χ1) is 10.1. The lowest BCUT2D eigenvalue weighted by molar-refractivity contribution is 0.0739. The Bertz CT molecular complexity index is 487. The van der Waals surface area contributed by atoms with Gasteiger partial charge >= 0.3 is 0 Å². The summed E-state index contributed by atoms with van der Waals surface area (Å²) in [5.74, 6) is -0.0322. The normalized spacial score (nSPS) is 17.9. The van der Waals surface area contributed by atoms with Crippen molar-refractivity contribution >= 4 is 17.5 Å². The molecule has 1 aromatic rings. The zero-order valence-corrected chi connectivity index (χ0v) is 13.2. The van der Waals surface area contributed by atoms with Gasteiger partial charge in [0.2, 0.25) is 0 Å². The lowest BCUT2D eigenvalue weighted by Gasteiger charge is -2.26. The third kappa shape index (κ3) is 4.35. The minimum atomic E-state index is -0.0990. The first-order valence-corrected chi connectivity index (χ1v) is 8.00. The van der Waals surface area contributed by atoms with Gasteiger partial charge in [-0.05, 0) is 44.0 Å². The molecule has 1 atom stereocenters. The van der Waals surface area contributed by atoms with E-state index in [0.717, 1.165) is 38.8 Å². The zero-order chi connectivity index (χ0) is 15.2. The molecule has 0 bridgehead atoms. The fraction of sp³-hybridized carbons (Fsp3) is 0.562. The van der Waals surface area contributed by atoms with Crippen LogP contribution in [-0.2, 0) is 0 Å². The molecular weight excluding hydrogens is 288 g/mol. The van der Waals surface area contributed by atoms with E-state index < -0.39 is 0 Å². The van der Waals surface area contributed by atoms with E-state index in [9.17, 15) is 9.90 Å². The number of carbonyl (C=O) groups is 1. The van der Waals surface area contributed by atoms with Gasteiger partial charge < -0.3 is 15.3 Å². The molecule has 1 aliphatic heterocycles. The minimum absolute atomic E-state index is 0.0668. The number of benzene rings is 1. The molecule has 1 unspecified atom stereocenters. The van der Waals surface area contributed by atoms with Crippen LogP contribution in [0.3, 0.4) is 0 Å². The van der Waals surface area contributed by atoms with Crippen molar-refractivity contribution in [3.05, 3.63) is 28.8 Å². The molecule has 0 radical (unpaired) electrons. The average Bonchev–Trinajstić information content (AvgIpc) is 2.98. The van der Waals surface area contributed by atoms with E-state index in [1.54, 1.807) is 6.07 Å². The van der Waals surface area contributed by atoms with Gasteiger partial charge in [-0.1, -0.05) is 24.9 Å². The predicted octanol–water partition coefficient (Wildman–Crippen LogP) is 3.04. The zero-order valence-electron chi connectivity index (χ0n) is 12.4. The lowest BCUT2D eigenvalue weighted by Crippen LogP contribution is -2.41. The van der Waals surface area contributed by atoms with Gasteiger partial charge in [-0.3, -0.25) is 4.79 Å². The highest BCUT2D eigenvalue weighted by molar-refractivity contribution is 6.33. The third-order valence-electron chi connectivity index (χ3n) is 3.85. The number of hydrogen-bond donors (Lipinski definition) is 2. The smallest absolute Gasteiger partial charge is 0.255 e. The predicted molar refractivity (Wildman–Crippen MR) is 85.0 cm³/mol. The quantitative estimate of drug-likeness (QED) is 0.849. The number of carbonyl (C=O) groups excluding carboxylic acids is 1. The van der Waals surface area contributed by atoms with E-state index in [2.05, 4.69) is 12.2 Å². The molecule has 0 aromatic heterocycles. The number of nitrogens with one attached hydrogen (secondary N) is 1. The van der Waals surface area contributed by atoms with Crippen LogP contribution in [0.4, 0.5) is 0 Å². The summed E-state index contributed by atoms with van der Waals surface area (Å²) in [5, 5.41) is 13.4. The summed E-state index contributed by atoms with van der Waals surface area (Å²) < 4.78 is 0. The number of phenols is 1. The van der Waals surface area contributed by atoms with Gasteiger partial charge in [-0.15, -0.1) is 0 Å². The second-order valence-electron chi connectivity index (χ2n) is 5.56. The van der Waals surface area contributed by atoms with Crippen LogP contribution in [0.25, 0.3) is 0 Å². The van der Waals surface area contributed by atoms with Crippen LogP contribution < -0.4 is 5.32 Å².